The zero-order chi connectivity index (χ0) is 13.7. The lowest BCUT2D eigenvalue weighted by molar-refractivity contribution is 0.242. The van der Waals surface area contributed by atoms with Gasteiger partial charge in [-0.15, -0.1) is 0 Å². The standard InChI is InChI=1S/C16H28N2/c1-6-18(10-12(2)3)11-16(17)15-8-7-13(4)9-14(15)5/h7-9,12,16H,6,10-11,17H2,1-5H3. The Balaban J connectivity index is 2.71. The van der Waals surface area contributed by atoms with Crippen molar-refractivity contribution < 1.29 is 0 Å². The molecule has 2 heteroatoms. The minimum Gasteiger partial charge on any atom is -0.323 e. The molecule has 0 radical (unpaired) electrons. The van der Waals surface area contributed by atoms with Gasteiger partial charge in [-0.3, -0.25) is 0 Å². The fourth-order valence-corrected chi connectivity index (χ4v) is 2.47. The van der Waals surface area contributed by atoms with E-state index in [1.165, 1.54) is 16.7 Å². The molecular formula is C16H28N2. The first kappa shape index (κ1) is 15.2. The van der Waals surface area contributed by atoms with Crippen molar-refractivity contribution in [3.8, 4) is 0 Å². The molecule has 0 fully saturated rings. The molecule has 1 atom stereocenters. The fraction of sp³-hybridized carbons (Fsp3) is 0.625. The second kappa shape index (κ2) is 6.91. The van der Waals surface area contributed by atoms with E-state index in [0.717, 1.165) is 19.6 Å². The van der Waals surface area contributed by atoms with E-state index in [2.05, 4.69) is 57.7 Å². The highest BCUT2D eigenvalue weighted by Gasteiger charge is 2.13. The van der Waals surface area contributed by atoms with Crippen LogP contribution < -0.4 is 5.73 Å². The molecule has 0 aliphatic heterocycles. The normalized spacial score (nSPS) is 13.3. The third kappa shape index (κ3) is 4.43. The van der Waals surface area contributed by atoms with Crippen LogP contribution in [0.3, 0.4) is 0 Å². The second-order valence-electron chi connectivity index (χ2n) is 5.71. The van der Waals surface area contributed by atoms with Gasteiger partial charge in [0.1, 0.15) is 0 Å². The van der Waals surface area contributed by atoms with E-state index in [1.807, 2.05) is 0 Å². The van der Waals surface area contributed by atoms with Crippen LogP contribution in [0.5, 0.6) is 0 Å². The smallest absolute Gasteiger partial charge is 0.0426 e. The van der Waals surface area contributed by atoms with Crippen molar-refractivity contribution in [3.63, 3.8) is 0 Å². The summed E-state index contributed by atoms with van der Waals surface area (Å²) in [6, 6.07) is 6.66. The molecule has 0 spiro atoms. The summed E-state index contributed by atoms with van der Waals surface area (Å²) in [6.45, 7) is 14.1. The molecule has 1 aromatic rings. The van der Waals surface area contributed by atoms with Crippen LogP contribution in [0.2, 0.25) is 0 Å². The van der Waals surface area contributed by atoms with E-state index in [0.29, 0.717) is 5.92 Å². The van der Waals surface area contributed by atoms with E-state index in [-0.39, 0.29) is 6.04 Å². The van der Waals surface area contributed by atoms with E-state index in [4.69, 9.17) is 5.73 Å². The molecule has 0 heterocycles. The molecule has 0 aromatic heterocycles. The van der Waals surface area contributed by atoms with Gasteiger partial charge >= 0.3 is 0 Å². The molecule has 0 bridgehead atoms. The Morgan fingerprint density at radius 2 is 1.83 bits per heavy atom. The number of rotatable bonds is 6. The molecular weight excluding hydrogens is 220 g/mol. The quantitative estimate of drug-likeness (QED) is 0.837. The molecule has 1 rings (SSSR count). The summed E-state index contributed by atoms with van der Waals surface area (Å²) in [5.41, 5.74) is 10.2. The SMILES string of the molecule is CCN(CC(C)C)CC(N)c1ccc(C)cc1C. The number of hydrogen-bond donors (Lipinski definition) is 1. The lowest BCUT2D eigenvalue weighted by Crippen LogP contribution is -2.35. The molecule has 1 aromatic carbocycles. The zero-order valence-corrected chi connectivity index (χ0v) is 12.5. The summed E-state index contributed by atoms with van der Waals surface area (Å²) in [4.78, 5) is 2.44. The van der Waals surface area contributed by atoms with Gasteiger partial charge in [0.15, 0.2) is 0 Å². The molecule has 102 valence electrons. The summed E-state index contributed by atoms with van der Waals surface area (Å²) in [5, 5.41) is 0. The predicted molar refractivity (Wildman–Crippen MR) is 79.8 cm³/mol. The van der Waals surface area contributed by atoms with E-state index >= 15 is 0 Å². The highest BCUT2D eigenvalue weighted by molar-refractivity contribution is 5.32. The lowest BCUT2D eigenvalue weighted by atomic mass is 9.99. The van der Waals surface area contributed by atoms with Crippen LogP contribution in [0.15, 0.2) is 18.2 Å². The zero-order valence-electron chi connectivity index (χ0n) is 12.5. The molecule has 0 aliphatic carbocycles. The summed E-state index contributed by atoms with van der Waals surface area (Å²) in [7, 11) is 0. The Bertz CT molecular complexity index is 371. The summed E-state index contributed by atoms with van der Waals surface area (Å²) in [6.07, 6.45) is 0. The number of hydrogen-bond acceptors (Lipinski definition) is 2. The minimum absolute atomic E-state index is 0.115. The van der Waals surface area contributed by atoms with Crippen molar-refractivity contribution in [2.45, 2.75) is 40.7 Å². The largest absolute Gasteiger partial charge is 0.323 e. The molecule has 0 saturated carbocycles. The van der Waals surface area contributed by atoms with Crippen molar-refractivity contribution in [3.05, 3.63) is 34.9 Å². The highest BCUT2D eigenvalue weighted by atomic mass is 15.1. The van der Waals surface area contributed by atoms with Gasteiger partial charge < -0.3 is 10.6 Å². The Morgan fingerprint density at radius 3 is 2.33 bits per heavy atom. The summed E-state index contributed by atoms with van der Waals surface area (Å²) < 4.78 is 0. The van der Waals surface area contributed by atoms with E-state index in [1.54, 1.807) is 0 Å². The van der Waals surface area contributed by atoms with Gasteiger partial charge in [-0.2, -0.15) is 0 Å². The van der Waals surface area contributed by atoms with Crippen LogP contribution in [0, 0.1) is 19.8 Å². The van der Waals surface area contributed by atoms with Crippen LogP contribution in [0.1, 0.15) is 43.5 Å². The van der Waals surface area contributed by atoms with E-state index in [9.17, 15) is 0 Å². The second-order valence-corrected chi connectivity index (χ2v) is 5.71. The van der Waals surface area contributed by atoms with Crippen molar-refractivity contribution >= 4 is 0 Å². The van der Waals surface area contributed by atoms with Gasteiger partial charge in [-0.25, -0.2) is 0 Å². The maximum Gasteiger partial charge on any atom is 0.0426 e. The van der Waals surface area contributed by atoms with Gasteiger partial charge in [-0.1, -0.05) is 44.5 Å². The molecule has 2 nitrogen and oxygen atoms in total. The van der Waals surface area contributed by atoms with Gasteiger partial charge in [0.25, 0.3) is 0 Å². The average Bonchev–Trinajstić information content (AvgIpc) is 2.27. The fourth-order valence-electron chi connectivity index (χ4n) is 2.47. The highest BCUT2D eigenvalue weighted by Crippen LogP contribution is 2.18. The summed E-state index contributed by atoms with van der Waals surface area (Å²) in [5.74, 6) is 0.691. The minimum atomic E-state index is 0.115. The third-order valence-corrected chi connectivity index (χ3v) is 3.35. The Hall–Kier alpha value is -0.860. The molecule has 2 N–H and O–H groups in total. The molecule has 1 unspecified atom stereocenters. The number of nitrogens with two attached hydrogens (primary N) is 1. The average molecular weight is 248 g/mol. The van der Waals surface area contributed by atoms with Crippen LogP contribution in [-0.2, 0) is 0 Å². The van der Waals surface area contributed by atoms with Gasteiger partial charge in [0.05, 0.1) is 0 Å². The summed E-state index contributed by atoms with van der Waals surface area (Å²) >= 11 is 0. The van der Waals surface area contributed by atoms with Crippen LogP contribution >= 0.6 is 0 Å². The number of benzene rings is 1. The number of aryl methyl sites for hydroxylation is 2. The maximum absolute atomic E-state index is 6.36. The van der Waals surface area contributed by atoms with Crippen molar-refractivity contribution in [1.82, 2.24) is 4.90 Å². The first-order valence-corrected chi connectivity index (χ1v) is 6.99. The van der Waals surface area contributed by atoms with Crippen LogP contribution in [0.25, 0.3) is 0 Å². The van der Waals surface area contributed by atoms with Crippen LogP contribution in [0.4, 0.5) is 0 Å². The molecule has 0 saturated heterocycles. The van der Waals surface area contributed by atoms with Gasteiger partial charge in [0.2, 0.25) is 0 Å². The molecule has 0 aliphatic rings. The first-order valence-electron chi connectivity index (χ1n) is 6.99. The molecule has 18 heavy (non-hydrogen) atoms. The van der Waals surface area contributed by atoms with Crippen molar-refractivity contribution in [2.75, 3.05) is 19.6 Å². The van der Waals surface area contributed by atoms with Crippen LogP contribution in [-0.4, -0.2) is 24.5 Å². The topological polar surface area (TPSA) is 29.3 Å². The number of likely N-dealkylation sites (N-methyl/N-ethyl adjacent to an activating group) is 1. The van der Waals surface area contributed by atoms with Gasteiger partial charge in [-0.05, 0) is 37.4 Å². The van der Waals surface area contributed by atoms with Gasteiger partial charge in [0, 0.05) is 19.1 Å². The monoisotopic (exact) mass is 248 g/mol. The molecule has 0 amide bonds. The van der Waals surface area contributed by atoms with Crippen molar-refractivity contribution in [1.29, 1.82) is 0 Å². The third-order valence-electron chi connectivity index (χ3n) is 3.35. The Kier molecular flexibility index (Phi) is 5.83. The van der Waals surface area contributed by atoms with E-state index < -0.39 is 0 Å². The Morgan fingerprint density at radius 1 is 1.17 bits per heavy atom. The maximum atomic E-state index is 6.36. The predicted octanol–water partition coefficient (Wildman–Crippen LogP) is 3.28. The Labute approximate surface area is 112 Å². The first-order chi connectivity index (χ1) is 8.43. The lowest BCUT2D eigenvalue weighted by Gasteiger charge is -2.26. The van der Waals surface area contributed by atoms with Crippen molar-refractivity contribution in [2.24, 2.45) is 11.7 Å². The number of nitrogens with zero attached hydrogens (tertiary/aromatic N) is 1.